The lowest BCUT2D eigenvalue weighted by Crippen LogP contribution is -2.46. The summed E-state index contributed by atoms with van der Waals surface area (Å²) in [7, 11) is 0. The Bertz CT molecular complexity index is 297. The molecule has 1 aliphatic heterocycles. The monoisotopic (exact) mass is 319 g/mol. The quantitative estimate of drug-likeness (QED) is 0.718. The van der Waals surface area contributed by atoms with Crippen LogP contribution in [0.4, 0.5) is 4.79 Å². The number of nitrogens with zero attached hydrogens (tertiary/aromatic N) is 1. The van der Waals surface area contributed by atoms with Gasteiger partial charge in [0, 0.05) is 18.4 Å². The highest BCUT2D eigenvalue weighted by molar-refractivity contribution is 9.09. The fourth-order valence-corrected chi connectivity index (χ4v) is 2.67. The molecular weight excluding hydrogens is 294 g/mol. The van der Waals surface area contributed by atoms with Crippen molar-refractivity contribution in [1.29, 1.82) is 0 Å². The SMILES string of the molecule is CC(C)(C)OC(=O)N1CCCC(C(C)(C)CBr)C1. The van der Waals surface area contributed by atoms with E-state index in [1.54, 1.807) is 0 Å². The lowest BCUT2D eigenvalue weighted by Gasteiger charge is -2.41. The van der Waals surface area contributed by atoms with E-state index in [-0.39, 0.29) is 11.5 Å². The molecule has 0 aromatic heterocycles. The van der Waals surface area contributed by atoms with Crippen molar-refractivity contribution in [2.24, 2.45) is 11.3 Å². The third-order valence-electron chi connectivity index (χ3n) is 3.52. The normalized spacial score (nSPS) is 21.9. The maximum absolute atomic E-state index is 12.1. The van der Waals surface area contributed by atoms with Crippen molar-refractivity contribution >= 4 is 22.0 Å². The van der Waals surface area contributed by atoms with Crippen LogP contribution in [-0.2, 0) is 4.74 Å². The van der Waals surface area contributed by atoms with Crippen LogP contribution in [0, 0.1) is 11.3 Å². The lowest BCUT2D eigenvalue weighted by molar-refractivity contribution is 0.00925. The van der Waals surface area contributed by atoms with Crippen molar-refractivity contribution in [3.8, 4) is 0 Å². The fourth-order valence-electron chi connectivity index (χ4n) is 2.22. The Labute approximate surface area is 119 Å². The minimum absolute atomic E-state index is 0.169. The molecule has 0 N–H and O–H groups in total. The van der Waals surface area contributed by atoms with Crippen molar-refractivity contribution in [3.05, 3.63) is 0 Å². The molecule has 0 aliphatic carbocycles. The van der Waals surface area contributed by atoms with E-state index in [0.29, 0.717) is 5.92 Å². The van der Waals surface area contributed by atoms with Crippen molar-refractivity contribution < 1.29 is 9.53 Å². The van der Waals surface area contributed by atoms with Crippen LogP contribution >= 0.6 is 15.9 Å². The van der Waals surface area contributed by atoms with Gasteiger partial charge >= 0.3 is 6.09 Å². The molecule has 1 rings (SSSR count). The zero-order valence-corrected chi connectivity index (χ0v) is 13.8. The number of carbonyl (C=O) groups is 1. The second-order valence-electron chi connectivity index (χ2n) is 6.89. The van der Waals surface area contributed by atoms with Crippen LogP contribution in [0.15, 0.2) is 0 Å². The van der Waals surface area contributed by atoms with E-state index in [1.165, 1.54) is 6.42 Å². The molecule has 4 heteroatoms. The lowest BCUT2D eigenvalue weighted by atomic mass is 9.76. The first-order valence-corrected chi connectivity index (χ1v) is 7.82. The van der Waals surface area contributed by atoms with Gasteiger partial charge in [-0.2, -0.15) is 0 Å². The first kappa shape index (κ1) is 15.8. The number of carbonyl (C=O) groups excluding carboxylic acids is 1. The molecule has 1 fully saturated rings. The van der Waals surface area contributed by atoms with Crippen molar-refractivity contribution in [3.63, 3.8) is 0 Å². The average Bonchev–Trinajstić information content (AvgIpc) is 2.27. The van der Waals surface area contributed by atoms with Gasteiger partial charge < -0.3 is 9.64 Å². The van der Waals surface area contributed by atoms with E-state index in [9.17, 15) is 4.79 Å². The summed E-state index contributed by atoms with van der Waals surface area (Å²) in [6.07, 6.45) is 2.09. The molecule has 1 amide bonds. The summed E-state index contributed by atoms with van der Waals surface area (Å²) in [4.78, 5) is 13.9. The van der Waals surface area contributed by atoms with Gasteiger partial charge in [0.15, 0.2) is 0 Å². The second-order valence-corrected chi connectivity index (χ2v) is 7.45. The summed E-state index contributed by atoms with van der Waals surface area (Å²) in [6.45, 7) is 11.9. The van der Waals surface area contributed by atoms with Gasteiger partial charge in [0.2, 0.25) is 0 Å². The molecule has 1 aliphatic rings. The van der Waals surface area contributed by atoms with Gasteiger partial charge in [0.25, 0.3) is 0 Å². The van der Waals surface area contributed by atoms with Gasteiger partial charge in [-0.25, -0.2) is 4.79 Å². The number of halogens is 1. The summed E-state index contributed by atoms with van der Waals surface area (Å²) >= 11 is 3.58. The van der Waals surface area contributed by atoms with Crippen LogP contribution < -0.4 is 0 Å². The standard InChI is InChI=1S/C14H26BrNO2/c1-13(2,3)18-12(17)16-8-6-7-11(9-16)14(4,5)10-15/h11H,6-10H2,1-5H3. The molecule has 0 aromatic carbocycles. The Balaban J connectivity index is 2.61. The summed E-state index contributed by atoms with van der Waals surface area (Å²) in [5.74, 6) is 0.540. The molecule has 0 aromatic rings. The van der Waals surface area contributed by atoms with Gasteiger partial charge in [-0.15, -0.1) is 0 Å². The number of rotatable bonds is 2. The van der Waals surface area contributed by atoms with E-state index < -0.39 is 5.60 Å². The number of hydrogen-bond acceptors (Lipinski definition) is 2. The Hall–Kier alpha value is -0.250. The second kappa shape index (κ2) is 5.81. The highest BCUT2D eigenvalue weighted by atomic mass is 79.9. The summed E-state index contributed by atoms with van der Waals surface area (Å²) in [5.41, 5.74) is -0.185. The Morgan fingerprint density at radius 2 is 1.94 bits per heavy atom. The van der Waals surface area contributed by atoms with Crippen molar-refractivity contribution in [2.45, 2.75) is 53.1 Å². The number of hydrogen-bond donors (Lipinski definition) is 0. The van der Waals surface area contributed by atoms with Gasteiger partial charge in [0.1, 0.15) is 5.60 Å². The van der Waals surface area contributed by atoms with Gasteiger partial charge in [-0.1, -0.05) is 29.8 Å². The van der Waals surface area contributed by atoms with Crippen molar-refractivity contribution in [2.75, 3.05) is 18.4 Å². The molecule has 0 radical (unpaired) electrons. The molecule has 1 unspecified atom stereocenters. The number of likely N-dealkylation sites (tertiary alicyclic amines) is 1. The van der Waals surface area contributed by atoms with E-state index >= 15 is 0 Å². The topological polar surface area (TPSA) is 29.5 Å². The third kappa shape index (κ3) is 4.45. The minimum atomic E-state index is -0.408. The highest BCUT2D eigenvalue weighted by Crippen LogP contribution is 2.35. The maximum atomic E-state index is 12.1. The summed E-state index contributed by atoms with van der Waals surface area (Å²) in [5, 5.41) is 0.965. The predicted molar refractivity (Wildman–Crippen MR) is 78.1 cm³/mol. The Morgan fingerprint density at radius 1 is 1.33 bits per heavy atom. The van der Waals surface area contributed by atoms with Gasteiger partial charge in [0.05, 0.1) is 0 Å². The van der Waals surface area contributed by atoms with E-state index in [4.69, 9.17) is 4.74 Å². The average molecular weight is 320 g/mol. The molecular formula is C14H26BrNO2. The summed E-state index contributed by atoms with van der Waals surface area (Å²) < 4.78 is 5.45. The van der Waals surface area contributed by atoms with Gasteiger partial charge in [-0.05, 0) is 44.9 Å². The molecule has 1 heterocycles. The molecule has 0 bridgehead atoms. The Kier molecular flexibility index (Phi) is 5.10. The van der Waals surface area contributed by atoms with E-state index in [1.807, 2.05) is 25.7 Å². The largest absolute Gasteiger partial charge is 0.444 e. The molecule has 0 spiro atoms. The van der Waals surface area contributed by atoms with Crippen LogP contribution in [0.2, 0.25) is 0 Å². The third-order valence-corrected chi connectivity index (χ3v) is 4.97. The maximum Gasteiger partial charge on any atom is 0.410 e. The molecule has 3 nitrogen and oxygen atoms in total. The van der Waals surface area contributed by atoms with Crippen LogP contribution in [0.3, 0.4) is 0 Å². The smallest absolute Gasteiger partial charge is 0.410 e. The zero-order chi connectivity index (χ0) is 14.0. The molecule has 18 heavy (non-hydrogen) atoms. The van der Waals surface area contributed by atoms with Crippen LogP contribution in [-0.4, -0.2) is 35.0 Å². The highest BCUT2D eigenvalue weighted by Gasteiger charge is 2.35. The molecule has 106 valence electrons. The number of amides is 1. The van der Waals surface area contributed by atoms with Crippen molar-refractivity contribution in [1.82, 2.24) is 4.90 Å². The van der Waals surface area contributed by atoms with Crippen LogP contribution in [0.25, 0.3) is 0 Å². The number of piperidine rings is 1. The number of alkyl halides is 1. The fraction of sp³-hybridized carbons (Fsp3) is 0.929. The number of ether oxygens (including phenoxy) is 1. The molecule has 1 atom stereocenters. The Morgan fingerprint density at radius 3 is 2.44 bits per heavy atom. The zero-order valence-electron chi connectivity index (χ0n) is 12.3. The minimum Gasteiger partial charge on any atom is -0.444 e. The van der Waals surface area contributed by atoms with Gasteiger partial charge in [-0.3, -0.25) is 0 Å². The summed E-state index contributed by atoms with van der Waals surface area (Å²) in [6, 6.07) is 0. The molecule has 0 saturated carbocycles. The van der Waals surface area contributed by atoms with E-state index in [2.05, 4.69) is 29.8 Å². The van der Waals surface area contributed by atoms with Crippen LogP contribution in [0.1, 0.15) is 47.5 Å². The predicted octanol–water partition coefficient (Wildman–Crippen LogP) is 4.05. The first-order chi connectivity index (χ1) is 8.15. The van der Waals surface area contributed by atoms with E-state index in [0.717, 1.165) is 24.8 Å². The first-order valence-electron chi connectivity index (χ1n) is 6.69. The molecule has 1 saturated heterocycles. The van der Waals surface area contributed by atoms with Crippen LogP contribution in [0.5, 0.6) is 0 Å².